The van der Waals surface area contributed by atoms with Crippen molar-refractivity contribution in [2.45, 2.75) is 52.1 Å². The number of nitrogens with zero attached hydrogens (tertiary/aromatic N) is 2. The Balaban J connectivity index is 1.50. The Bertz CT molecular complexity index is 991. The molecule has 2 fully saturated rings. The molecule has 0 spiro atoms. The number of rotatable bonds is 5. The molecule has 36 heavy (non-hydrogen) atoms. The molecule has 1 aromatic carbocycles. The summed E-state index contributed by atoms with van der Waals surface area (Å²) in [6.45, 7) is 7.66. The summed E-state index contributed by atoms with van der Waals surface area (Å²) < 4.78 is 10.2. The molecule has 0 radical (unpaired) electrons. The van der Waals surface area contributed by atoms with Gasteiger partial charge < -0.3 is 24.6 Å². The van der Waals surface area contributed by atoms with E-state index in [2.05, 4.69) is 5.32 Å². The van der Waals surface area contributed by atoms with Gasteiger partial charge in [0, 0.05) is 26.2 Å². The smallest absolute Gasteiger partial charge is 0.410 e. The molecule has 0 unspecified atom stereocenters. The van der Waals surface area contributed by atoms with Gasteiger partial charge in [0.15, 0.2) is 0 Å². The molecule has 9 heteroatoms. The number of benzene rings is 1. The quantitative estimate of drug-likeness (QED) is 0.487. The standard InChI is InChI=1S/C27H37N3O6/c1-27(2,3)36-26(34)29-16-13-19(14-17-29)11-12-23(31)30-15-7-8-20(18-30)24(32)28-22-10-6-5-9-21(22)25(33)35-4/h5-6,9-12,19-20H,7-8,13-18H2,1-4H3,(H,28,32)/b12-11+/t20-/m1/s1. The summed E-state index contributed by atoms with van der Waals surface area (Å²) in [6.07, 6.45) is 6.16. The van der Waals surface area contributed by atoms with Crippen molar-refractivity contribution in [3.63, 3.8) is 0 Å². The van der Waals surface area contributed by atoms with E-state index < -0.39 is 11.6 Å². The zero-order valence-electron chi connectivity index (χ0n) is 21.6. The van der Waals surface area contributed by atoms with Gasteiger partial charge in [0.25, 0.3) is 0 Å². The second kappa shape index (κ2) is 12.1. The number of ether oxygens (including phenoxy) is 2. The highest BCUT2D eigenvalue weighted by Gasteiger charge is 2.29. The Kier molecular flexibility index (Phi) is 9.12. The number of para-hydroxylation sites is 1. The largest absolute Gasteiger partial charge is 0.465 e. The number of hydrogen-bond donors (Lipinski definition) is 1. The van der Waals surface area contributed by atoms with Crippen LogP contribution in [0.15, 0.2) is 36.4 Å². The molecule has 0 aliphatic carbocycles. The van der Waals surface area contributed by atoms with Crippen LogP contribution >= 0.6 is 0 Å². The van der Waals surface area contributed by atoms with E-state index in [9.17, 15) is 19.2 Å². The molecule has 9 nitrogen and oxygen atoms in total. The van der Waals surface area contributed by atoms with Gasteiger partial charge in [0.2, 0.25) is 11.8 Å². The molecule has 2 aliphatic rings. The Morgan fingerprint density at radius 3 is 2.36 bits per heavy atom. The predicted molar refractivity (Wildman–Crippen MR) is 135 cm³/mol. The Labute approximate surface area is 212 Å². The first-order valence-corrected chi connectivity index (χ1v) is 12.5. The molecule has 2 heterocycles. The first kappa shape index (κ1) is 27.2. The lowest BCUT2D eigenvalue weighted by Gasteiger charge is -2.33. The molecule has 3 rings (SSSR count). The van der Waals surface area contributed by atoms with Crippen molar-refractivity contribution in [2.75, 3.05) is 38.6 Å². The molecule has 196 valence electrons. The van der Waals surface area contributed by atoms with Gasteiger partial charge in [0.05, 0.1) is 24.3 Å². The summed E-state index contributed by atoms with van der Waals surface area (Å²) in [5.41, 5.74) is 0.168. The van der Waals surface area contributed by atoms with Crippen molar-refractivity contribution in [1.29, 1.82) is 0 Å². The fraction of sp³-hybridized carbons (Fsp3) is 0.556. The molecule has 2 saturated heterocycles. The molecular weight excluding hydrogens is 462 g/mol. The van der Waals surface area contributed by atoms with Crippen LogP contribution in [0.25, 0.3) is 0 Å². The average Bonchev–Trinajstić information content (AvgIpc) is 2.86. The number of amides is 3. The summed E-state index contributed by atoms with van der Waals surface area (Å²) in [6, 6.07) is 6.70. The lowest BCUT2D eigenvalue weighted by molar-refractivity contribution is -0.130. The highest BCUT2D eigenvalue weighted by molar-refractivity contribution is 6.02. The van der Waals surface area contributed by atoms with E-state index in [0.29, 0.717) is 38.3 Å². The van der Waals surface area contributed by atoms with Crippen LogP contribution in [0.5, 0.6) is 0 Å². The number of carbonyl (C=O) groups is 4. The Hall–Kier alpha value is -3.36. The van der Waals surface area contributed by atoms with Gasteiger partial charge >= 0.3 is 12.1 Å². The van der Waals surface area contributed by atoms with Crippen LogP contribution in [0, 0.1) is 11.8 Å². The third kappa shape index (κ3) is 7.57. The van der Waals surface area contributed by atoms with Crippen LogP contribution < -0.4 is 5.32 Å². The predicted octanol–water partition coefficient (Wildman–Crippen LogP) is 3.85. The van der Waals surface area contributed by atoms with Gasteiger partial charge in [-0.2, -0.15) is 0 Å². The molecule has 3 amide bonds. The van der Waals surface area contributed by atoms with E-state index in [1.807, 2.05) is 26.8 Å². The van der Waals surface area contributed by atoms with Crippen LogP contribution in [0.2, 0.25) is 0 Å². The maximum absolute atomic E-state index is 12.9. The number of anilines is 1. The summed E-state index contributed by atoms with van der Waals surface area (Å²) >= 11 is 0. The van der Waals surface area contributed by atoms with Gasteiger partial charge in [-0.05, 0) is 70.6 Å². The van der Waals surface area contributed by atoms with Crippen LogP contribution in [0.4, 0.5) is 10.5 Å². The highest BCUT2D eigenvalue weighted by Crippen LogP contribution is 2.23. The number of piperidine rings is 2. The number of nitrogens with one attached hydrogen (secondary N) is 1. The molecule has 2 aliphatic heterocycles. The summed E-state index contributed by atoms with van der Waals surface area (Å²) in [4.78, 5) is 53.4. The third-order valence-corrected chi connectivity index (χ3v) is 6.40. The van der Waals surface area contributed by atoms with Crippen molar-refractivity contribution in [1.82, 2.24) is 9.80 Å². The number of hydrogen-bond acceptors (Lipinski definition) is 6. The fourth-order valence-electron chi connectivity index (χ4n) is 4.43. The van der Waals surface area contributed by atoms with Crippen LogP contribution in [0.3, 0.4) is 0 Å². The monoisotopic (exact) mass is 499 g/mol. The minimum absolute atomic E-state index is 0.114. The van der Waals surface area contributed by atoms with Gasteiger partial charge in [-0.1, -0.05) is 18.2 Å². The Morgan fingerprint density at radius 1 is 1.00 bits per heavy atom. The molecule has 1 atom stereocenters. The molecule has 0 aromatic heterocycles. The van der Waals surface area contributed by atoms with Crippen molar-refractivity contribution < 1.29 is 28.7 Å². The van der Waals surface area contributed by atoms with E-state index in [4.69, 9.17) is 9.47 Å². The Morgan fingerprint density at radius 2 is 1.69 bits per heavy atom. The molecule has 0 saturated carbocycles. The van der Waals surface area contributed by atoms with E-state index >= 15 is 0 Å². The van der Waals surface area contributed by atoms with E-state index in [0.717, 1.165) is 19.3 Å². The van der Waals surface area contributed by atoms with Gasteiger partial charge in [0.1, 0.15) is 5.60 Å². The van der Waals surface area contributed by atoms with E-state index in [-0.39, 0.29) is 35.3 Å². The lowest BCUT2D eigenvalue weighted by atomic mass is 9.95. The highest BCUT2D eigenvalue weighted by atomic mass is 16.6. The summed E-state index contributed by atoms with van der Waals surface area (Å²) in [7, 11) is 1.30. The average molecular weight is 500 g/mol. The summed E-state index contributed by atoms with van der Waals surface area (Å²) in [5, 5.41) is 2.83. The fourth-order valence-corrected chi connectivity index (χ4v) is 4.43. The molecular formula is C27H37N3O6. The van der Waals surface area contributed by atoms with Crippen LogP contribution in [-0.4, -0.2) is 72.6 Å². The van der Waals surface area contributed by atoms with Crippen molar-refractivity contribution in [3.05, 3.63) is 42.0 Å². The number of methoxy groups -OCH3 is 1. The van der Waals surface area contributed by atoms with Gasteiger partial charge in [-0.15, -0.1) is 0 Å². The normalized spacial score (nSPS) is 19.2. The minimum Gasteiger partial charge on any atom is -0.465 e. The van der Waals surface area contributed by atoms with Crippen molar-refractivity contribution in [2.24, 2.45) is 11.8 Å². The first-order chi connectivity index (χ1) is 17.1. The van der Waals surface area contributed by atoms with Crippen molar-refractivity contribution >= 4 is 29.6 Å². The molecule has 0 bridgehead atoms. The number of esters is 1. The topological polar surface area (TPSA) is 105 Å². The number of carbonyl (C=O) groups excluding carboxylic acids is 4. The first-order valence-electron chi connectivity index (χ1n) is 12.5. The minimum atomic E-state index is -0.520. The number of allylic oxidation sites excluding steroid dienone is 1. The van der Waals surface area contributed by atoms with E-state index in [1.54, 1.807) is 40.1 Å². The zero-order valence-corrected chi connectivity index (χ0v) is 21.6. The van der Waals surface area contributed by atoms with Gasteiger partial charge in [-0.3, -0.25) is 9.59 Å². The lowest BCUT2D eigenvalue weighted by Crippen LogP contribution is -2.43. The van der Waals surface area contributed by atoms with E-state index in [1.165, 1.54) is 7.11 Å². The zero-order chi connectivity index (χ0) is 26.3. The van der Waals surface area contributed by atoms with Crippen LogP contribution in [0.1, 0.15) is 56.8 Å². The SMILES string of the molecule is COC(=O)c1ccccc1NC(=O)[C@@H]1CCCN(C(=O)/C=C/C2CCN(C(=O)OC(C)(C)C)CC2)C1. The van der Waals surface area contributed by atoms with Crippen molar-refractivity contribution in [3.8, 4) is 0 Å². The number of likely N-dealkylation sites (tertiary alicyclic amines) is 2. The second-order valence-electron chi connectivity index (χ2n) is 10.3. The summed E-state index contributed by atoms with van der Waals surface area (Å²) in [5.74, 6) is -1.00. The molecule has 1 aromatic rings. The maximum Gasteiger partial charge on any atom is 0.410 e. The molecule has 1 N–H and O–H groups in total. The van der Waals surface area contributed by atoms with Crippen LogP contribution in [-0.2, 0) is 19.1 Å². The van der Waals surface area contributed by atoms with Gasteiger partial charge in [-0.25, -0.2) is 9.59 Å². The third-order valence-electron chi connectivity index (χ3n) is 6.40. The second-order valence-corrected chi connectivity index (χ2v) is 10.3. The maximum atomic E-state index is 12.9.